The zero-order valence-electron chi connectivity index (χ0n) is 10.8. The van der Waals surface area contributed by atoms with E-state index < -0.39 is 20.0 Å². The fourth-order valence-corrected chi connectivity index (χ4v) is 3.02. The Hall–Kier alpha value is -0.960. The van der Waals surface area contributed by atoms with Crippen LogP contribution < -0.4 is 9.86 Å². The molecule has 1 aromatic carbocycles. The van der Waals surface area contributed by atoms with Gasteiger partial charge in [0.2, 0.25) is 20.0 Å². The van der Waals surface area contributed by atoms with Gasteiger partial charge in [-0.25, -0.2) is 26.7 Å². The van der Waals surface area contributed by atoms with Crippen molar-refractivity contribution < 1.29 is 16.8 Å². The third kappa shape index (κ3) is 6.15. The average molecular weight is 306 g/mol. The second-order valence-electron chi connectivity index (χ2n) is 4.52. The van der Waals surface area contributed by atoms with Crippen LogP contribution in [-0.4, -0.2) is 29.1 Å². The summed E-state index contributed by atoms with van der Waals surface area (Å²) in [4.78, 5) is 0.0681. The number of sulfonamides is 2. The maximum Gasteiger partial charge on any atom is 0.238 e. The van der Waals surface area contributed by atoms with Crippen molar-refractivity contribution in [2.24, 2.45) is 5.14 Å². The number of rotatable bonds is 6. The molecule has 0 amide bonds. The highest BCUT2D eigenvalue weighted by atomic mass is 32.2. The molecule has 1 unspecified atom stereocenters. The third-order valence-corrected chi connectivity index (χ3v) is 4.29. The van der Waals surface area contributed by atoms with E-state index in [2.05, 4.69) is 4.72 Å². The molecule has 0 fully saturated rings. The van der Waals surface area contributed by atoms with E-state index >= 15 is 0 Å². The highest BCUT2D eigenvalue weighted by Crippen LogP contribution is 2.11. The number of primary sulfonamides is 1. The van der Waals surface area contributed by atoms with E-state index in [1.54, 1.807) is 19.1 Å². The van der Waals surface area contributed by atoms with Crippen LogP contribution >= 0.6 is 0 Å². The quantitative estimate of drug-likeness (QED) is 0.783. The minimum atomic E-state index is -3.67. The molecule has 0 aliphatic carbocycles. The van der Waals surface area contributed by atoms with Crippen molar-refractivity contribution in [1.29, 1.82) is 0 Å². The van der Waals surface area contributed by atoms with E-state index in [-0.39, 0.29) is 10.9 Å². The molecule has 0 spiro atoms. The Morgan fingerprint density at radius 2 is 1.68 bits per heavy atom. The Labute approximate surface area is 114 Å². The van der Waals surface area contributed by atoms with E-state index in [9.17, 15) is 16.8 Å². The van der Waals surface area contributed by atoms with Gasteiger partial charge in [0.05, 0.1) is 11.2 Å². The van der Waals surface area contributed by atoms with Gasteiger partial charge in [-0.3, -0.25) is 0 Å². The Morgan fingerprint density at radius 1 is 1.16 bits per heavy atom. The Balaban J connectivity index is 2.60. The van der Waals surface area contributed by atoms with Gasteiger partial charge in [0.1, 0.15) is 0 Å². The fourth-order valence-electron chi connectivity index (χ4n) is 1.65. The summed E-state index contributed by atoms with van der Waals surface area (Å²) in [5.74, 6) is 0. The minimum absolute atomic E-state index is 0.0681. The van der Waals surface area contributed by atoms with Crippen molar-refractivity contribution in [3.63, 3.8) is 0 Å². The molecule has 6 nitrogen and oxygen atoms in total. The largest absolute Gasteiger partial charge is 0.238 e. The number of hydrogen-bond acceptors (Lipinski definition) is 4. The summed E-state index contributed by atoms with van der Waals surface area (Å²) in [7, 11) is -6.87. The molecule has 0 heterocycles. The molecule has 1 rings (SSSR count). The lowest BCUT2D eigenvalue weighted by molar-refractivity contribution is 0.552. The van der Waals surface area contributed by atoms with Gasteiger partial charge in [0, 0.05) is 6.04 Å². The molecule has 0 saturated heterocycles. The predicted octanol–water partition coefficient (Wildman–Crippen LogP) is 0.204. The van der Waals surface area contributed by atoms with Crippen LogP contribution in [0.15, 0.2) is 29.2 Å². The van der Waals surface area contributed by atoms with Crippen molar-refractivity contribution in [3.8, 4) is 0 Å². The van der Waals surface area contributed by atoms with Gasteiger partial charge in [-0.15, -0.1) is 0 Å². The van der Waals surface area contributed by atoms with Gasteiger partial charge >= 0.3 is 0 Å². The molecule has 0 bridgehead atoms. The lowest BCUT2D eigenvalue weighted by Crippen LogP contribution is -2.31. The first-order valence-electron chi connectivity index (χ1n) is 5.67. The lowest BCUT2D eigenvalue weighted by atomic mass is 10.1. The molecule has 1 aromatic rings. The zero-order chi connectivity index (χ0) is 14.7. The summed E-state index contributed by atoms with van der Waals surface area (Å²) in [6.45, 7) is 1.78. The summed E-state index contributed by atoms with van der Waals surface area (Å²) in [5.41, 5.74) is 0.926. The molecule has 0 aliphatic rings. The molecule has 0 saturated carbocycles. The van der Waals surface area contributed by atoms with Gasteiger partial charge in [0.15, 0.2) is 0 Å². The predicted molar refractivity (Wildman–Crippen MR) is 73.6 cm³/mol. The van der Waals surface area contributed by atoms with Gasteiger partial charge in [-0.05, 0) is 37.5 Å². The Bertz CT molecular complexity index is 621. The summed E-state index contributed by atoms with van der Waals surface area (Å²) < 4.78 is 46.7. The standard InChI is InChI=1S/C11H18N2O4S2/c1-9(13-18(2,14)15)3-4-10-5-7-11(8-6-10)19(12,16)17/h5-9,13H,3-4H2,1-2H3,(H2,12,16,17). The molecule has 19 heavy (non-hydrogen) atoms. The number of nitrogens with two attached hydrogens (primary N) is 1. The van der Waals surface area contributed by atoms with Crippen LogP contribution in [0.1, 0.15) is 18.9 Å². The van der Waals surface area contributed by atoms with Crippen LogP contribution in [0.5, 0.6) is 0 Å². The van der Waals surface area contributed by atoms with Crippen LogP contribution in [0.25, 0.3) is 0 Å². The summed E-state index contributed by atoms with van der Waals surface area (Å²) >= 11 is 0. The SMILES string of the molecule is CC(CCc1ccc(S(N)(=O)=O)cc1)NS(C)(=O)=O. The fraction of sp³-hybridized carbons (Fsp3) is 0.455. The van der Waals surface area contributed by atoms with Gasteiger partial charge in [-0.1, -0.05) is 12.1 Å². The van der Waals surface area contributed by atoms with Crippen molar-refractivity contribution >= 4 is 20.0 Å². The van der Waals surface area contributed by atoms with Crippen LogP contribution in [0.3, 0.4) is 0 Å². The van der Waals surface area contributed by atoms with Crippen molar-refractivity contribution in [2.45, 2.75) is 30.7 Å². The Morgan fingerprint density at radius 3 is 2.11 bits per heavy atom. The first-order chi connectivity index (χ1) is 8.58. The van der Waals surface area contributed by atoms with Crippen LogP contribution in [0.4, 0.5) is 0 Å². The zero-order valence-corrected chi connectivity index (χ0v) is 12.5. The number of hydrogen-bond donors (Lipinski definition) is 2. The van der Waals surface area contributed by atoms with Crippen molar-refractivity contribution in [1.82, 2.24) is 4.72 Å². The van der Waals surface area contributed by atoms with E-state index in [1.807, 2.05) is 0 Å². The second kappa shape index (κ2) is 6.00. The van der Waals surface area contributed by atoms with Crippen LogP contribution in [0.2, 0.25) is 0 Å². The summed E-state index contributed by atoms with van der Waals surface area (Å²) in [6, 6.07) is 6.06. The maximum atomic E-state index is 11.1. The first-order valence-corrected chi connectivity index (χ1v) is 9.11. The monoisotopic (exact) mass is 306 g/mol. The molecule has 0 radical (unpaired) electrons. The smallest absolute Gasteiger partial charge is 0.225 e. The molecular weight excluding hydrogens is 288 g/mol. The number of nitrogens with one attached hydrogen (secondary N) is 1. The second-order valence-corrected chi connectivity index (χ2v) is 7.86. The average Bonchev–Trinajstić information content (AvgIpc) is 2.23. The van der Waals surface area contributed by atoms with Crippen molar-refractivity contribution in [2.75, 3.05) is 6.26 Å². The van der Waals surface area contributed by atoms with Gasteiger partial charge in [-0.2, -0.15) is 0 Å². The highest BCUT2D eigenvalue weighted by molar-refractivity contribution is 7.89. The normalized spacial score (nSPS) is 14.3. The van der Waals surface area contributed by atoms with E-state index in [1.165, 1.54) is 12.1 Å². The van der Waals surface area contributed by atoms with E-state index in [0.29, 0.717) is 12.8 Å². The Kier molecular flexibility index (Phi) is 5.08. The molecule has 0 aliphatic heterocycles. The highest BCUT2D eigenvalue weighted by Gasteiger charge is 2.10. The third-order valence-electron chi connectivity index (χ3n) is 2.53. The number of benzene rings is 1. The summed E-state index contributed by atoms with van der Waals surface area (Å²) in [6.07, 6.45) is 2.39. The molecule has 8 heteroatoms. The van der Waals surface area contributed by atoms with E-state index in [4.69, 9.17) is 5.14 Å². The van der Waals surface area contributed by atoms with Crippen LogP contribution in [-0.2, 0) is 26.5 Å². The topological polar surface area (TPSA) is 106 Å². The first kappa shape index (κ1) is 16.1. The van der Waals surface area contributed by atoms with Gasteiger partial charge < -0.3 is 0 Å². The van der Waals surface area contributed by atoms with Gasteiger partial charge in [0.25, 0.3) is 0 Å². The minimum Gasteiger partial charge on any atom is -0.225 e. The molecule has 3 N–H and O–H groups in total. The molecule has 1 atom stereocenters. The number of aryl methyl sites for hydroxylation is 1. The molecule has 0 aromatic heterocycles. The molecule has 108 valence electrons. The lowest BCUT2D eigenvalue weighted by Gasteiger charge is -2.11. The molecular formula is C11H18N2O4S2. The van der Waals surface area contributed by atoms with Crippen LogP contribution in [0, 0.1) is 0 Å². The maximum absolute atomic E-state index is 11.1. The van der Waals surface area contributed by atoms with Crippen molar-refractivity contribution in [3.05, 3.63) is 29.8 Å². The summed E-state index contributed by atoms with van der Waals surface area (Å²) in [5, 5.41) is 4.99. The van der Waals surface area contributed by atoms with E-state index in [0.717, 1.165) is 11.8 Å².